The van der Waals surface area contributed by atoms with Gasteiger partial charge in [-0.1, -0.05) is 180 Å². The Labute approximate surface area is 839 Å². The number of morpholine rings is 2. The lowest BCUT2D eigenvalue weighted by atomic mass is 9.91. The summed E-state index contributed by atoms with van der Waals surface area (Å²) in [5, 5.41) is 49.5. The molecule has 8 aliphatic heterocycles. The van der Waals surface area contributed by atoms with E-state index in [1.807, 2.05) is 74.9 Å². The van der Waals surface area contributed by atoms with Gasteiger partial charge in [0, 0.05) is 266 Å². The summed E-state index contributed by atoms with van der Waals surface area (Å²) in [6.45, 7) is 111. The van der Waals surface area contributed by atoms with Gasteiger partial charge in [0.05, 0.1) is 97.8 Å². The maximum absolute atomic E-state index is 11.8. The van der Waals surface area contributed by atoms with Crippen LogP contribution in [0.1, 0.15) is 274 Å². The topological polar surface area (TPSA) is 282 Å². The fourth-order valence-electron chi connectivity index (χ4n) is 15.4. The Bertz CT molecular complexity index is 2870. The van der Waals surface area contributed by atoms with E-state index < -0.39 is 0 Å². The van der Waals surface area contributed by atoms with Crippen molar-refractivity contribution in [3.63, 3.8) is 0 Å². The normalized spacial score (nSPS) is 21.1. The molecule has 0 spiro atoms. The first-order valence-electron chi connectivity index (χ1n) is 52.1. The Morgan fingerprint density at radius 3 is 1.09 bits per heavy atom. The van der Waals surface area contributed by atoms with Gasteiger partial charge >= 0.3 is 0 Å². The van der Waals surface area contributed by atoms with Crippen molar-refractivity contribution in [2.75, 3.05) is 312 Å². The molecule has 8 heterocycles. The van der Waals surface area contributed by atoms with Gasteiger partial charge in [0.2, 0.25) is 23.6 Å². The van der Waals surface area contributed by atoms with E-state index in [9.17, 15) is 19.2 Å². The number of carbonyl (C=O) groups excluding carboxylic acids is 4. The number of nitrogens with zero attached hydrogens (tertiary/aromatic N) is 13. The lowest BCUT2D eigenvalue weighted by Gasteiger charge is -2.46. The van der Waals surface area contributed by atoms with Crippen LogP contribution in [0.5, 0.6) is 0 Å². The van der Waals surface area contributed by atoms with Crippen molar-refractivity contribution < 1.29 is 68.4 Å². The number of methoxy groups -OCH3 is 1. The molecule has 0 radical (unpaired) electrons. The molecular weight excluding hydrogens is 1720 g/mol. The predicted octanol–water partition coefficient (Wildman–Crippen LogP) is 12.1. The van der Waals surface area contributed by atoms with Crippen LogP contribution >= 0.6 is 0 Å². The maximum Gasteiger partial charge on any atom is 0.236 e. The van der Waals surface area contributed by atoms with Crippen LogP contribution in [-0.4, -0.2) is 466 Å². The van der Waals surface area contributed by atoms with Crippen molar-refractivity contribution in [3.05, 3.63) is 0 Å². The molecule has 8 rings (SSSR count). The number of ether oxygens (including phenoxy) is 5. The first-order valence-corrected chi connectivity index (χ1v) is 52.1. The second-order valence-corrected chi connectivity index (χ2v) is 50.7. The summed E-state index contributed by atoms with van der Waals surface area (Å²) in [6, 6.07) is 1.80. The van der Waals surface area contributed by atoms with Crippen LogP contribution in [-0.2, 0) is 42.9 Å². The third-order valence-electron chi connectivity index (χ3n) is 23.2. The monoisotopic (exact) mass is 1950 g/mol. The van der Waals surface area contributed by atoms with E-state index in [-0.39, 0.29) is 72.0 Å². The molecule has 8 saturated heterocycles. The molecule has 4 amide bonds. The van der Waals surface area contributed by atoms with Crippen LogP contribution in [0.25, 0.3) is 0 Å². The molecule has 5 atom stereocenters. The quantitative estimate of drug-likeness (QED) is 0.0496. The molecule has 7 N–H and O–H groups in total. The van der Waals surface area contributed by atoms with E-state index in [1.165, 1.54) is 26.2 Å². The first kappa shape index (κ1) is 139. The van der Waals surface area contributed by atoms with Crippen LogP contribution in [0.4, 0.5) is 0 Å². The molecule has 0 aromatic carbocycles. The van der Waals surface area contributed by atoms with E-state index in [0.29, 0.717) is 109 Å². The molecule has 0 aliphatic carbocycles. The molecule has 0 aromatic rings. The Balaban J connectivity index is -0.000000710. The summed E-state index contributed by atoms with van der Waals surface area (Å²) in [5.41, 5.74) is 2.86. The van der Waals surface area contributed by atoms with Gasteiger partial charge in [-0.25, -0.2) is 0 Å². The number of nitrogens with one attached hydrogen (secondary N) is 2. The number of hydrogen-bond donors (Lipinski definition) is 7. The fourth-order valence-corrected chi connectivity index (χ4v) is 15.4. The SMILES string of the molecule is CC(C)(C)C(=O)N1CCNCC1.CC(C)(C)CCCO.CC(C)(C)CCOCCO.CC(C)(C)CN1CCNCC1.CC(C)(C)N1CCOC[C@@H]1CO.CC(C)(C)N1CCOC[C@H]1CO.CC(C)CN1CCN(CC(=O)N(C)C)[C@H](C)C1.CC1(C)COC1.CCCO.CN(C)C(=O)CN1CCN(CC(C)(C)C)CC1.COCCC(C)(C)C.C[C@@H]1CN(CC(C)(C)C)[C@@H](C)CN1CC(=O)N(C)C. The largest absolute Gasteiger partial charge is 0.396 e. The maximum atomic E-state index is 11.8. The molecule has 0 unspecified atom stereocenters. The average molecular weight is 1950 g/mol. The smallest absolute Gasteiger partial charge is 0.236 e. The summed E-state index contributed by atoms with van der Waals surface area (Å²) < 4.78 is 25.6. The van der Waals surface area contributed by atoms with Crippen LogP contribution in [0.3, 0.4) is 0 Å². The van der Waals surface area contributed by atoms with E-state index in [1.54, 1.807) is 21.8 Å². The molecule has 136 heavy (non-hydrogen) atoms. The highest BCUT2D eigenvalue weighted by atomic mass is 16.5. The fraction of sp³-hybridized carbons (Fsp3) is 0.963. The highest BCUT2D eigenvalue weighted by Gasteiger charge is 2.36. The number of hydrogen-bond acceptors (Lipinski definition) is 25. The number of amides is 4. The summed E-state index contributed by atoms with van der Waals surface area (Å²) in [5.74, 6) is 1.59. The molecule has 816 valence electrons. The summed E-state index contributed by atoms with van der Waals surface area (Å²) >= 11 is 0. The van der Waals surface area contributed by atoms with Crippen molar-refractivity contribution in [1.82, 2.24) is 74.3 Å². The number of rotatable bonds is 22. The number of piperazine rings is 5. The molecule has 29 nitrogen and oxygen atoms in total. The minimum atomic E-state index is -0.225. The third kappa shape index (κ3) is 77.5. The van der Waals surface area contributed by atoms with Gasteiger partial charge in [-0.15, -0.1) is 0 Å². The molecule has 8 aliphatic rings. The van der Waals surface area contributed by atoms with E-state index in [0.717, 1.165) is 202 Å². The first-order chi connectivity index (χ1) is 62.3. The molecule has 0 saturated carbocycles. The molecule has 29 heteroatoms. The lowest BCUT2D eigenvalue weighted by Crippen LogP contribution is -2.59. The van der Waals surface area contributed by atoms with Crippen molar-refractivity contribution >= 4 is 23.6 Å². The van der Waals surface area contributed by atoms with Crippen molar-refractivity contribution in [2.24, 2.45) is 49.2 Å². The minimum absolute atomic E-state index is 0.129. The highest BCUT2D eigenvalue weighted by molar-refractivity contribution is 5.81. The zero-order valence-corrected chi connectivity index (χ0v) is 97.0. The Hall–Kier alpha value is -2.96. The van der Waals surface area contributed by atoms with Crippen LogP contribution < -0.4 is 10.6 Å². The van der Waals surface area contributed by atoms with Gasteiger partial charge < -0.3 is 94.1 Å². The Kier molecular flexibility index (Phi) is 73.3. The zero-order valence-electron chi connectivity index (χ0n) is 97.0. The third-order valence-corrected chi connectivity index (χ3v) is 23.2. The Morgan fingerprint density at radius 2 is 0.779 bits per heavy atom. The van der Waals surface area contributed by atoms with Crippen molar-refractivity contribution in [2.45, 2.75) is 316 Å². The average Bonchev–Trinajstić information content (AvgIpc) is 0.813. The molecule has 8 fully saturated rings. The van der Waals surface area contributed by atoms with Gasteiger partial charge in [0.25, 0.3) is 0 Å². The van der Waals surface area contributed by atoms with Gasteiger partial charge in [-0.3, -0.25) is 48.6 Å². The second-order valence-electron chi connectivity index (χ2n) is 50.7. The molecule has 0 bridgehead atoms. The van der Waals surface area contributed by atoms with E-state index in [4.69, 9.17) is 49.2 Å². The van der Waals surface area contributed by atoms with Gasteiger partial charge in [0.1, 0.15) is 0 Å². The summed E-state index contributed by atoms with van der Waals surface area (Å²) in [6.07, 6.45) is 5.11. The van der Waals surface area contributed by atoms with Gasteiger partial charge in [-0.05, 0) is 133 Å². The summed E-state index contributed by atoms with van der Waals surface area (Å²) in [7, 11) is 12.7. The van der Waals surface area contributed by atoms with Crippen LogP contribution in [0.2, 0.25) is 0 Å². The number of aliphatic hydroxyl groups excluding tert-OH is 5. The van der Waals surface area contributed by atoms with Crippen LogP contribution in [0.15, 0.2) is 0 Å². The van der Waals surface area contributed by atoms with Crippen molar-refractivity contribution in [3.8, 4) is 0 Å². The molecule has 0 aromatic heterocycles. The van der Waals surface area contributed by atoms with Crippen LogP contribution in [0, 0.1) is 49.2 Å². The Morgan fingerprint density at radius 1 is 0.419 bits per heavy atom. The van der Waals surface area contributed by atoms with E-state index in [2.05, 4.69) is 269 Å². The predicted molar refractivity (Wildman–Crippen MR) is 572 cm³/mol. The second kappa shape index (κ2) is 71.5. The number of carbonyl (C=O) groups is 4. The van der Waals surface area contributed by atoms with E-state index >= 15 is 0 Å². The number of likely N-dealkylation sites (N-methyl/N-ethyl adjacent to an activating group) is 3. The minimum Gasteiger partial charge on any atom is -0.396 e. The zero-order chi connectivity index (χ0) is 106. The van der Waals surface area contributed by atoms with Gasteiger partial charge in [0.15, 0.2) is 0 Å². The standard InChI is InChI=1S/C15H31N3O.2C13H27N3O.C9H18N2O.C9H20N2.2C9H19NO2.C8H18O2.2C7H16O.C5H10O.C3H8O/c1-12-9-18(11-15(3,4)5)13(2)8-17(12)10-14(19)16(6)7;1-13(2,3)11-16-8-6-15(7-9-16)10-12(17)14(4)5;1-11(2)8-15-6-7-16(12(3)9-15)10-13(17)14(4)5;1-9(2,3)8(12)11-6-4-10-5-7-11;1-9(2,3)8-11-6-4-10-5-7-11;2*1-9(2,3)10-4-5-12-7-8(10)6-11;1-8(2,3)4-6-10-7-5-9;1-7(2,3)5-6-8-4;1-7(2,3)5-4-6-8;1-5(2)3-6-4-5;1-2-3-4/h12-13H,8-11H2,1-7H3;6-11H2,1-5H3;11-12H,6-10H2,1-5H3;10H,4-7H2,1-3H3;10H,4-8H2,1-3H3;2*8,11H,4-7H2,1-3H3;9H,4-7H2,1-3H3;5-6H2,1-4H3;8H,4-6H2,1-3H3;3-4H2,1-2H3;4H,2-3H2,1H3/t12-,13+;;12-;;;2*8-;;;;;/m1.1..10...../s1. The lowest BCUT2D eigenvalue weighted by molar-refractivity contribution is -0.140. The molecular formula is C107H229N15O14. The van der Waals surface area contributed by atoms with Gasteiger partial charge in [-0.2, -0.15) is 0 Å². The number of aliphatic hydroxyl groups is 5. The highest BCUT2D eigenvalue weighted by Crippen LogP contribution is 2.28. The summed E-state index contributed by atoms with van der Waals surface area (Å²) in [4.78, 5) is 75.4. The van der Waals surface area contributed by atoms with Crippen molar-refractivity contribution in [1.29, 1.82) is 0 Å².